The molecule has 8 heteroatoms. The molecule has 1 aromatic rings. The standard InChI is InChI=1S/C27H39NO3S.C15H30O3/c1-5-30-24-12-9-21(10-13-24)17-26(29)28-15-7-8-23(20(3)19-28)16-22-11-14-25(32)27(4,18-22)31-6-2;1-3-4-5-6-7-8-9-10-11-12-15(16)18-14-13-17-2/h9-10,12-14,22,32H,5-8,11,15-19H2,1-4H3;3-14H2,1-2H3. The first-order valence-electron chi connectivity index (χ1n) is 19.5. The van der Waals surface area contributed by atoms with Crippen molar-refractivity contribution in [1.82, 2.24) is 4.90 Å². The van der Waals surface area contributed by atoms with Crippen molar-refractivity contribution in [3.63, 3.8) is 0 Å². The van der Waals surface area contributed by atoms with Crippen molar-refractivity contribution in [3.05, 3.63) is 52.0 Å². The Bertz CT molecular complexity index is 1170. The number of carbonyl (C=O) groups is 2. The minimum atomic E-state index is -0.264. The van der Waals surface area contributed by atoms with Gasteiger partial charge in [-0.25, -0.2) is 0 Å². The van der Waals surface area contributed by atoms with Gasteiger partial charge in [-0.3, -0.25) is 9.59 Å². The second-order valence-electron chi connectivity index (χ2n) is 14.1. The third-order valence-electron chi connectivity index (χ3n) is 9.78. The molecule has 0 saturated carbocycles. The minimum Gasteiger partial charge on any atom is -0.494 e. The molecule has 1 amide bonds. The second-order valence-corrected chi connectivity index (χ2v) is 14.6. The van der Waals surface area contributed by atoms with Crippen LogP contribution in [0.3, 0.4) is 0 Å². The Morgan fingerprint density at radius 1 is 0.940 bits per heavy atom. The lowest BCUT2D eigenvalue weighted by atomic mass is 9.79. The number of amides is 1. The van der Waals surface area contributed by atoms with Gasteiger partial charge in [0.15, 0.2) is 0 Å². The van der Waals surface area contributed by atoms with Gasteiger partial charge >= 0.3 is 5.97 Å². The van der Waals surface area contributed by atoms with Crippen LogP contribution in [-0.2, 0) is 30.2 Å². The summed E-state index contributed by atoms with van der Waals surface area (Å²) in [6, 6.07) is 7.89. The molecule has 7 nitrogen and oxygen atoms in total. The van der Waals surface area contributed by atoms with Crippen LogP contribution in [0.1, 0.15) is 136 Å². The SMILES string of the molecule is CCCCCCCCCCCC(=O)OCCOC.CCOc1ccc(CC(=O)N2CCCC(CC3CC=C(S)C(C)(OCC)C3)=C(C)C2)cc1. The van der Waals surface area contributed by atoms with E-state index in [9.17, 15) is 9.59 Å². The van der Waals surface area contributed by atoms with E-state index in [-0.39, 0.29) is 17.5 Å². The zero-order valence-electron chi connectivity index (χ0n) is 32.4. The van der Waals surface area contributed by atoms with Crippen molar-refractivity contribution in [2.45, 2.75) is 143 Å². The predicted octanol–water partition coefficient (Wildman–Crippen LogP) is 10.1. The lowest BCUT2D eigenvalue weighted by molar-refractivity contribution is -0.145. The van der Waals surface area contributed by atoms with Gasteiger partial charge in [0.2, 0.25) is 5.91 Å². The molecular weight excluding hydrogens is 647 g/mol. The van der Waals surface area contributed by atoms with Crippen LogP contribution in [0, 0.1) is 5.92 Å². The van der Waals surface area contributed by atoms with Crippen LogP contribution in [0.15, 0.2) is 46.4 Å². The average Bonchev–Trinajstić information content (AvgIpc) is 3.28. The number of hydrogen-bond donors (Lipinski definition) is 1. The number of nitrogens with zero attached hydrogens (tertiary/aromatic N) is 1. The maximum atomic E-state index is 13.0. The Kier molecular flexibility index (Phi) is 22.5. The predicted molar refractivity (Wildman–Crippen MR) is 209 cm³/mol. The average molecular weight is 716 g/mol. The summed E-state index contributed by atoms with van der Waals surface area (Å²) in [6.07, 6.45) is 19.9. The van der Waals surface area contributed by atoms with E-state index >= 15 is 0 Å². The number of thiol groups is 1. The fourth-order valence-electron chi connectivity index (χ4n) is 6.90. The van der Waals surface area contributed by atoms with E-state index in [0.29, 0.717) is 45.2 Å². The molecule has 0 saturated heterocycles. The number of esters is 1. The molecule has 1 aliphatic carbocycles. The normalized spacial score (nSPS) is 19.3. The second kappa shape index (κ2) is 25.6. The molecule has 0 N–H and O–H groups in total. The molecule has 0 aromatic heterocycles. The van der Waals surface area contributed by atoms with Gasteiger partial charge in [0.05, 0.1) is 25.2 Å². The minimum absolute atomic E-state index is 0.0880. The molecule has 2 unspecified atom stereocenters. The first-order chi connectivity index (χ1) is 24.1. The molecule has 0 spiro atoms. The molecule has 284 valence electrons. The topological polar surface area (TPSA) is 74.3 Å². The van der Waals surface area contributed by atoms with Crippen molar-refractivity contribution in [3.8, 4) is 5.75 Å². The summed E-state index contributed by atoms with van der Waals surface area (Å²) in [4.78, 5) is 27.4. The molecule has 0 fully saturated rings. The summed E-state index contributed by atoms with van der Waals surface area (Å²) < 4.78 is 21.4. The fourth-order valence-corrected chi connectivity index (χ4v) is 7.16. The third-order valence-corrected chi connectivity index (χ3v) is 10.4. The number of benzene rings is 1. The van der Waals surface area contributed by atoms with Gasteiger partial charge in [-0.2, -0.15) is 0 Å². The highest BCUT2D eigenvalue weighted by molar-refractivity contribution is 7.84. The summed E-state index contributed by atoms with van der Waals surface area (Å²) in [6.45, 7) is 14.4. The molecule has 1 aromatic carbocycles. The van der Waals surface area contributed by atoms with Gasteiger partial charge < -0.3 is 23.8 Å². The Labute approximate surface area is 310 Å². The van der Waals surface area contributed by atoms with Crippen LogP contribution >= 0.6 is 12.6 Å². The van der Waals surface area contributed by atoms with Crippen LogP contribution in [0.2, 0.25) is 0 Å². The monoisotopic (exact) mass is 715 g/mol. The first-order valence-corrected chi connectivity index (χ1v) is 19.9. The number of unbranched alkanes of at least 4 members (excludes halogenated alkanes) is 8. The summed E-state index contributed by atoms with van der Waals surface area (Å²) in [5.74, 6) is 1.54. The maximum absolute atomic E-state index is 13.0. The highest BCUT2D eigenvalue weighted by atomic mass is 32.1. The Morgan fingerprint density at radius 2 is 1.62 bits per heavy atom. The molecule has 0 bridgehead atoms. The summed E-state index contributed by atoms with van der Waals surface area (Å²) in [5.41, 5.74) is 3.67. The highest BCUT2D eigenvalue weighted by Gasteiger charge is 2.35. The first kappa shape index (κ1) is 43.9. The molecule has 3 rings (SSSR count). The molecule has 1 aliphatic heterocycles. The van der Waals surface area contributed by atoms with Gasteiger partial charge in [0.1, 0.15) is 12.4 Å². The van der Waals surface area contributed by atoms with Crippen molar-refractivity contribution in [2.75, 3.05) is 46.6 Å². The van der Waals surface area contributed by atoms with Gasteiger partial charge in [0.25, 0.3) is 0 Å². The van der Waals surface area contributed by atoms with Crippen LogP contribution in [0.25, 0.3) is 0 Å². The van der Waals surface area contributed by atoms with E-state index in [1.54, 1.807) is 7.11 Å². The maximum Gasteiger partial charge on any atom is 0.305 e. The van der Waals surface area contributed by atoms with E-state index in [1.807, 2.05) is 43.0 Å². The lowest BCUT2D eigenvalue weighted by Gasteiger charge is -2.37. The Morgan fingerprint density at radius 3 is 2.26 bits per heavy atom. The molecule has 2 atom stereocenters. The van der Waals surface area contributed by atoms with Crippen molar-refractivity contribution < 1.29 is 28.5 Å². The molecule has 0 radical (unpaired) electrons. The van der Waals surface area contributed by atoms with Crippen LogP contribution < -0.4 is 4.74 Å². The number of rotatable bonds is 21. The van der Waals surface area contributed by atoms with Crippen molar-refractivity contribution >= 4 is 24.5 Å². The molecular formula is C42H69NO6S. The summed E-state index contributed by atoms with van der Waals surface area (Å²) in [5, 5.41) is 0. The third kappa shape index (κ3) is 17.3. The van der Waals surface area contributed by atoms with Gasteiger partial charge in [-0.05, 0) is 89.8 Å². The van der Waals surface area contributed by atoms with Crippen molar-refractivity contribution in [2.24, 2.45) is 5.92 Å². The zero-order chi connectivity index (χ0) is 36.6. The van der Waals surface area contributed by atoms with E-state index in [2.05, 4.69) is 39.5 Å². The number of allylic oxidation sites excluding steroid dienone is 2. The van der Waals surface area contributed by atoms with Crippen molar-refractivity contribution in [1.29, 1.82) is 0 Å². The number of ether oxygens (including phenoxy) is 4. The summed E-state index contributed by atoms with van der Waals surface area (Å²) >= 11 is 4.68. The molecule has 1 heterocycles. The number of carbonyl (C=O) groups excluding carboxylic acids is 2. The molecule has 50 heavy (non-hydrogen) atoms. The quantitative estimate of drug-likeness (QED) is 0.0591. The van der Waals surface area contributed by atoms with E-state index in [0.717, 1.165) is 74.3 Å². The smallest absolute Gasteiger partial charge is 0.305 e. The fraction of sp³-hybridized carbons (Fsp3) is 0.714. The van der Waals surface area contributed by atoms with Crippen LogP contribution in [0.5, 0.6) is 5.75 Å². The zero-order valence-corrected chi connectivity index (χ0v) is 33.3. The van der Waals surface area contributed by atoms with E-state index in [4.69, 9.17) is 18.9 Å². The van der Waals surface area contributed by atoms with E-state index in [1.165, 1.54) is 56.1 Å². The van der Waals surface area contributed by atoms with E-state index < -0.39 is 0 Å². The lowest BCUT2D eigenvalue weighted by Crippen LogP contribution is -2.35. The van der Waals surface area contributed by atoms with Gasteiger partial charge in [0, 0.05) is 38.1 Å². The van der Waals surface area contributed by atoms with Crippen LogP contribution in [-0.4, -0.2) is 69.0 Å². The Balaban J connectivity index is 0.000000411. The number of hydrogen-bond acceptors (Lipinski definition) is 7. The van der Waals surface area contributed by atoms with Gasteiger partial charge in [-0.15, -0.1) is 12.6 Å². The van der Waals surface area contributed by atoms with Gasteiger partial charge in [-0.1, -0.05) is 87.6 Å². The highest BCUT2D eigenvalue weighted by Crippen LogP contribution is 2.41. The molecule has 2 aliphatic rings. The summed E-state index contributed by atoms with van der Waals surface area (Å²) in [7, 11) is 1.61. The van der Waals surface area contributed by atoms with Crippen LogP contribution in [0.4, 0.5) is 0 Å². The Hall–Kier alpha value is -2.29. The number of methoxy groups -OCH3 is 1. The largest absolute Gasteiger partial charge is 0.494 e.